The van der Waals surface area contributed by atoms with Gasteiger partial charge in [0.2, 0.25) is 20.9 Å². The molecule has 1 aliphatic carbocycles. The highest BCUT2D eigenvalue weighted by molar-refractivity contribution is 7.91. The van der Waals surface area contributed by atoms with Crippen LogP contribution >= 0.6 is 11.3 Å². The highest BCUT2D eigenvalue weighted by Gasteiger charge is 2.36. The van der Waals surface area contributed by atoms with Crippen molar-refractivity contribution >= 4 is 38.0 Å². The van der Waals surface area contributed by atoms with Gasteiger partial charge in [-0.05, 0) is 60.8 Å². The Morgan fingerprint density at radius 1 is 1.16 bits per heavy atom. The van der Waals surface area contributed by atoms with E-state index in [1.165, 1.54) is 30.6 Å². The first kappa shape index (κ1) is 32.4. The van der Waals surface area contributed by atoms with Crippen molar-refractivity contribution in [2.24, 2.45) is 17.1 Å². The number of nitrogens with zero attached hydrogens (tertiary/aromatic N) is 2. The van der Waals surface area contributed by atoms with Gasteiger partial charge in [0.15, 0.2) is 0 Å². The Hall–Kier alpha value is -3.52. The van der Waals surface area contributed by atoms with Crippen LogP contribution in [0, 0.1) is 11.3 Å². The van der Waals surface area contributed by atoms with E-state index in [-0.39, 0.29) is 40.8 Å². The van der Waals surface area contributed by atoms with Crippen molar-refractivity contribution in [3.63, 3.8) is 0 Å². The van der Waals surface area contributed by atoms with Gasteiger partial charge in [-0.1, -0.05) is 32.9 Å². The van der Waals surface area contributed by atoms with Gasteiger partial charge in [0.25, 0.3) is 5.91 Å². The summed E-state index contributed by atoms with van der Waals surface area (Å²) >= 11 is 1.29. The van der Waals surface area contributed by atoms with E-state index >= 15 is 0 Å². The number of anilines is 1. The number of rotatable bonds is 9. The molecule has 1 atom stereocenters. The Morgan fingerprint density at radius 2 is 1.86 bits per heavy atom. The molecule has 1 aromatic carbocycles. The summed E-state index contributed by atoms with van der Waals surface area (Å²) in [6.45, 7) is 6.48. The lowest BCUT2D eigenvalue weighted by atomic mass is 9.72. The minimum atomic E-state index is -4.94. The van der Waals surface area contributed by atoms with E-state index in [1.54, 1.807) is 12.1 Å². The van der Waals surface area contributed by atoms with E-state index in [0.29, 0.717) is 23.4 Å². The second-order valence-corrected chi connectivity index (χ2v) is 14.6. The Bertz CT molecular complexity index is 1650. The minimum absolute atomic E-state index is 0.0702. The number of alkyl halides is 3. The number of carbonyl (C=O) groups excluding carboxylic acids is 2. The van der Waals surface area contributed by atoms with E-state index in [9.17, 15) is 31.2 Å². The molecule has 2 aromatic heterocycles. The smallest absolute Gasteiger partial charge is 0.433 e. The molecule has 9 nitrogen and oxygen atoms in total. The number of hydrogen-bond donors (Lipinski definition) is 2. The summed E-state index contributed by atoms with van der Waals surface area (Å²) < 4.78 is 72.3. The minimum Gasteiger partial charge on any atom is -0.496 e. The van der Waals surface area contributed by atoms with Crippen molar-refractivity contribution in [3.8, 4) is 17.0 Å². The van der Waals surface area contributed by atoms with Gasteiger partial charge in [0.1, 0.15) is 16.4 Å². The number of fused-ring (bicyclic) bond motifs is 1. The molecule has 2 amide bonds. The summed E-state index contributed by atoms with van der Waals surface area (Å²) in [6, 6.07) is 6.78. The maximum atomic E-state index is 13.7. The number of amides is 2. The lowest BCUT2D eigenvalue weighted by Crippen LogP contribution is -2.27. The summed E-state index contributed by atoms with van der Waals surface area (Å²) in [5, 5.41) is 2.01. The number of benzene rings is 1. The van der Waals surface area contributed by atoms with Gasteiger partial charge in [-0.2, -0.15) is 13.2 Å². The van der Waals surface area contributed by atoms with Crippen LogP contribution in [0.3, 0.4) is 0 Å². The average Bonchev–Trinajstić information content (AvgIpc) is 3.28. The second-order valence-electron chi connectivity index (χ2n) is 11.5. The van der Waals surface area contributed by atoms with Gasteiger partial charge in [0, 0.05) is 16.9 Å². The SMILES string of the molecule is COc1ccccc1-c1cc(C(F)(F)F)nc(S(=O)(=O)CCCC(=O)Nc2sc3c(c2C(N)=O)CCC(C(C)(C)C)C3)n1. The number of carbonyl (C=O) groups is 2. The number of nitrogens with two attached hydrogens (primary N) is 1. The summed E-state index contributed by atoms with van der Waals surface area (Å²) in [5.74, 6) is -1.28. The second kappa shape index (κ2) is 12.2. The Kier molecular flexibility index (Phi) is 9.21. The maximum Gasteiger partial charge on any atom is 0.433 e. The average molecular weight is 639 g/mol. The Labute approximate surface area is 252 Å². The van der Waals surface area contributed by atoms with Crippen molar-refractivity contribution in [1.82, 2.24) is 9.97 Å². The van der Waals surface area contributed by atoms with Crippen LogP contribution in [-0.2, 0) is 33.6 Å². The summed E-state index contributed by atoms with van der Waals surface area (Å²) in [6.07, 6.45) is -3.13. The molecule has 0 saturated carbocycles. The van der Waals surface area contributed by atoms with Gasteiger partial charge < -0.3 is 15.8 Å². The van der Waals surface area contributed by atoms with Crippen LogP contribution in [0.5, 0.6) is 5.75 Å². The zero-order valence-electron chi connectivity index (χ0n) is 24.2. The molecule has 43 heavy (non-hydrogen) atoms. The van der Waals surface area contributed by atoms with Crippen molar-refractivity contribution in [1.29, 1.82) is 0 Å². The summed E-state index contributed by atoms with van der Waals surface area (Å²) in [7, 11) is -3.09. The summed E-state index contributed by atoms with van der Waals surface area (Å²) in [4.78, 5) is 33.3. The topological polar surface area (TPSA) is 141 Å². The fourth-order valence-electron chi connectivity index (χ4n) is 5.08. The molecular formula is C29H33F3N4O5S2. The number of aromatic nitrogens is 2. The molecule has 0 aliphatic heterocycles. The zero-order chi connectivity index (χ0) is 31.7. The normalized spacial score (nSPS) is 15.6. The van der Waals surface area contributed by atoms with Crippen molar-refractivity contribution in [3.05, 3.63) is 52.0 Å². The van der Waals surface area contributed by atoms with Crippen LogP contribution < -0.4 is 15.8 Å². The molecule has 0 spiro atoms. The quantitative estimate of drug-likeness (QED) is 0.288. The number of halogens is 3. The molecule has 3 N–H and O–H groups in total. The van der Waals surface area contributed by atoms with E-state index in [0.717, 1.165) is 23.3 Å². The maximum absolute atomic E-state index is 13.7. The van der Waals surface area contributed by atoms with Crippen molar-refractivity contribution in [2.75, 3.05) is 18.2 Å². The van der Waals surface area contributed by atoms with Gasteiger partial charge >= 0.3 is 6.18 Å². The zero-order valence-corrected chi connectivity index (χ0v) is 25.8. The molecule has 14 heteroatoms. The molecule has 0 fully saturated rings. The Balaban J connectivity index is 1.50. The fraction of sp³-hybridized carbons (Fsp3) is 0.448. The van der Waals surface area contributed by atoms with Crippen molar-refractivity contribution in [2.45, 2.75) is 64.2 Å². The molecule has 0 bridgehead atoms. The predicted octanol–water partition coefficient (Wildman–Crippen LogP) is 5.68. The molecular weight excluding hydrogens is 605 g/mol. The van der Waals surface area contributed by atoms with Crippen LogP contribution in [-0.4, -0.2) is 43.1 Å². The van der Waals surface area contributed by atoms with Crippen molar-refractivity contribution < 1.29 is 35.9 Å². The number of sulfone groups is 1. The number of thiophene rings is 1. The third-order valence-electron chi connectivity index (χ3n) is 7.46. The third-order valence-corrected chi connectivity index (χ3v) is 10.2. The fourth-order valence-corrected chi connectivity index (χ4v) is 7.61. The predicted molar refractivity (Wildman–Crippen MR) is 157 cm³/mol. The van der Waals surface area contributed by atoms with Gasteiger partial charge in [-0.15, -0.1) is 11.3 Å². The molecule has 2 heterocycles. The number of primary amides is 1. The van der Waals surface area contributed by atoms with Gasteiger partial charge in [-0.25, -0.2) is 18.4 Å². The van der Waals surface area contributed by atoms with Crippen LogP contribution in [0.2, 0.25) is 0 Å². The third kappa shape index (κ3) is 7.35. The molecule has 0 saturated heterocycles. The monoisotopic (exact) mass is 638 g/mol. The van der Waals surface area contributed by atoms with E-state index in [4.69, 9.17) is 10.5 Å². The van der Waals surface area contributed by atoms with Crippen LogP contribution in [0.25, 0.3) is 11.3 Å². The Morgan fingerprint density at radius 3 is 2.49 bits per heavy atom. The number of ether oxygens (including phenoxy) is 1. The van der Waals surface area contributed by atoms with E-state index in [2.05, 4.69) is 36.1 Å². The van der Waals surface area contributed by atoms with E-state index < -0.39 is 44.4 Å². The van der Waals surface area contributed by atoms with Gasteiger partial charge in [-0.3, -0.25) is 9.59 Å². The molecule has 1 aliphatic rings. The lowest BCUT2D eigenvalue weighted by Gasteiger charge is -2.33. The largest absolute Gasteiger partial charge is 0.496 e. The first-order valence-electron chi connectivity index (χ1n) is 13.6. The van der Waals surface area contributed by atoms with Gasteiger partial charge in [0.05, 0.1) is 24.1 Å². The highest BCUT2D eigenvalue weighted by Crippen LogP contribution is 2.44. The number of nitrogens with one attached hydrogen (secondary N) is 1. The molecule has 4 rings (SSSR count). The molecule has 232 valence electrons. The number of hydrogen-bond acceptors (Lipinski definition) is 8. The van der Waals surface area contributed by atoms with E-state index in [1.807, 2.05) is 0 Å². The molecule has 1 unspecified atom stereocenters. The first-order chi connectivity index (χ1) is 20.0. The lowest BCUT2D eigenvalue weighted by molar-refractivity contribution is -0.141. The summed E-state index contributed by atoms with van der Waals surface area (Å²) in [5.41, 5.74) is 5.29. The standard InChI is InChI=1S/C29H33F3N4O5S2/c1-28(2,3)16-11-12-18-21(14-16)42-26(24(18)25(33)38)36-23(37)10-7-13-43(39,40)27-34-19(15-22(35-27)29(30,31)32)17-8-5-6-9-20(17)41-4/h5-6,8-9,15-16H,7,10-14H2,1-4H3,(H2,33,38)(H,36,37). The molecule has 0 radical (unpaired) electrons. The highest BCUT2D eigenvalue weighted by atomic mass is 32.2. The van der Waals surface area contributed by atoms with Crippen LogP contribution in [0.1, 0.15) is 66.5 Å². The van der Waals surface area contributed by atoms with Crippen LogP contribution in [0.15, 0.2) is 35.5 Å². The first-order valence-corrected chi connectivity index (χ1v) is 16.0. The molecule has 3 aromatic rings. The van der Waals surface area contributed by atoms with Crippen LogP contribution in [0.4, 0.5) is 18.2 Å². The number of para-hydroxylation sites is 1. The number of methoxy groups -OCH3 is 1.